The van der Waals surface area contributed by atoms with Crippen LogP contribution in [0.3, 0.4) is 0 Å². The monoisotopic (exact) mass is 316 g/mol. The van der Waals surface area contributed by atoms with Crippen molar-refractivity contribution in [3.8, 4) is 11.5 Å². The standard InChI is InChI=1S/C21H32O2/c1-4-5-6-9-12-21(2,3)15-13-17(22)20-16-10-7-8-11-18(16)23-19(20)14-15/h13-14,16,18,22H,4-12H2,1-3H3. The second-order valence-corrected chi connectivity index (χ2v) is 8.15. The quantitative estimate of drug-likeness (QED) is 0.646. The number of hydrogen-bond acceptors (Lipinski definition) is 2. The van der Waals surface area contributed by atoms with Crippen LogP contribution in [-0.4, -0.2) is 11.2 Å². The Morgan fingerprint density at radius 3 is 2.70 bits per heavy atom. The highest BCUT2D eigenvalue weighted by Crippen LogP contribution is 2.51. The van der Waals surface area contributed by atoms with Crippen LogP contribution in [0.1, 0.15) is 95.6 Å². The van der Waals surface area contributed by atoms with Crippen molar-refractivity contribution in [1.29, 1.82) is 0 Å². The van der Waals surface area contributed by atoms with Crippen molar-refractivity contribution >= 4 is 0 Å². The molecule has 2 nitrogen and oxygen atoms in total. The minimum absolute atomic E-state index is 0.0946. The average molecular weight is 316 g/mol. The molecule has 2 atom stereocenters. The van der Waals surface area contributed by atoms with E-state index in [0.717, 1.165) is 30.6 Å². The van der Waals surface area contributed by atoms with Crippen LogP contribution < -0.4 is 4.74 Å². The molecule has 0 bridgehead atoms. The Morgan fingerprint density at radius 1 is 1.13 bits per heavy atom. The topological polar surface area (TPSA) is 29.5 Å². The summed E-state index contributed by atoms with van der Waals surface area (Å²) in [6, 6.07) is 4.23. The van der Waals surface area contributed by atoms with Gasteiger partial charge in [-0.2, -0.15) is 0 Å². The van der Waals surface area contributed by atoms with E-state index >= 15 is 0 Å². The first-order valence-corrected chi connectivity index (χ1v) is 9.57. The van der Waals surface area contributed by atoms with E-state index in [2.05, 4.69) is 26.8 Å². The number of ether oxygens (including phenoxy) is 1. The second kappa shape index (κ2) is 6.75. The number of phenols is 1. The van der Waals surface area contributed by atoms with Gasteiger partial charge in [-0.25, -0.2) is 0 Å². The molecule has 3 rings (SSSR count). The van der Waals surface area contributed by atoms with E-state index in [4.69, 9.17) is 4.74 Å². The first kappa shape index (κ1) is 16.7. The van der Waals surface area contributed by atoms with E-state index in [-0.39, 0.29) is 5.41 Å². The van der Waals surface area contributed by atoms with Gasteiger partial charge < -0.3 is 9.84 Å². The molecule has 1 aliphatic heterocycles. The Hall–Kier alpha value is -1.18. The minimum atomic E-state index is 0.0946. The molecule has 23 heavy (non-hydrogen) atoms. The van der Waals surface area contributed by atoms with E-state index in [1.807, 2.05) is 6.07 Å². The molecule has 2 aliphatic rings. The molecular weight excluding hydrogens is 284 g/mol. The van der Waals surface area contributed by atoms with Crippen molar-refractivity contribution in [1.82, 2.24) is 0 Å². The second-order valence-electron chi connectivity index (χ2n) is 8.15. The van der Waals surface area contributed by atoms with Crippen LogP contribution in [0.4, 0.5) is 0 Å². The van der Waals surface area contributed by atoms with Gasteiger partial charge in [0.25, 0.3) is 0 Å². The van der Waals surface area contributed by atoms with Crippen molar-refractivity contribution in [2.24, 2.45) is 0 Å². The zero-order chi connectivity index (χ0) is 16.4. The number of fused-ring (bicyclic) bond motifs is 3. The number of benzene rings is 1. The Labute approximate surface area is 141 Å². The van der Waals surface area contributed by atoms with Gasteiger partial charge in [0.05, 0.1) is 0 Å². The Morgan fingerprint density at radius 2 is 1.91 bits per heavy atom. The molecule has 1 fully saturated rings. The summed E-state index contributed by atoms with van der Waals surface area (Å²) in [7, 11) is 0. The number of hydrogen-bond donors (Lipinski definition) is 1. The molecule has 128 valence electrons. The number of rotatable bonds is 6. The molecule has 1 saturated carbocycles. The smallest absolute Gasteiger partial charge is 0.127 e. The normalized spacial score (nSPS) is 23.3. The fourth-order valence-electron chi connectivity index (χ4n) is 4.34. The first-order chi connectivity index (χ1) is 11.0. The third-order valence-electron chi connectivity index (χ3n) is 5.91. The maximum Gasteiger partial charge on any atom is 0.127 e. The fourth-order valence-corrected chi connectivity index (χ4v) is 4.34. The molecule has 1 aromatic carbocycles. The molecule has 1 heterocycles. The molecule has 2 heteroatoms. The van der Waals surface area contributed by atoms with Gasteiger partial charge in [0.1, 0.15) is 17.6 Å². The summed E-state index contributed by atoms with van der Waals surface area (Å²) in [5, 5.41) is 10.6. The highest BCUT2D eigenvalue weighted by molar-refractivity contribution is 5.54. The molecule has 0 saturated heterocycles. The summed E-state index contributed by atoms with van der Waals surface area (Å²) < 4.78 is 6.21. The highest BCUT2D eigenvalue weighted by atomic mass is 16.5. The van der Waals surface area contributed by atoms with Crippen LogP contribution in [-0.2, 0) is 5.41 Å². The van der Waals surface area contributed by atoms with Gasteiger partial charge in [0, 0.05) is 11.5 Å². The maximum absolute atomic E-state index is 10.6. The number of phenolic OH excluding ortho intramolecular Hbond substituents is 1. The van der Waals surface area contributed by atoms with E-state index in [9.17, 15) is 5.11 Å². The Kier molecular flexibility index (Phi) is 4.89. The lowest BCUT2D eigenvalue weighted by Gasteiger charge is -2.26. The van der Waals surface area contributed by atoms with Gasteiger partial charge in [-0.05, 0) is 48.8 Å². The van der Waals surface area contributed by atoms with E-state index in [1.54, 1.807) is 0 Å². The summed E-state index contributed by atoms with van der Waals surface area (Å²) in [4.78, 5) is 0. The van der Waals surface area contributed by atoms with Crippen LogP contribution >= 0.6 is 0 Å². The van der Waals surface area contributed by atoms with Crippen LogP contribution in [0.2, 0.25) is 0 Å². The van der Waals surface area contributed by atoms with Crippen LogP contribution in [0, 0.1) is 0 Å². The predicted molar refractivity (Wildman–Crippen MR) is 95.5 cm³/mol. The summed E-state index contributed by atoms with van der Waals surface area (Å²) in [5.41, 5.74) is 2.40. The first-order valence-electron chi connectivity index (χ1n) is 9.57. The van der Waals surface area contributed by atoms with Gasteiger partial charge in [-0.15, -0.1) is 0 Å². The van der Waals surface area contributed by atoms with Crippen molar-refractivity contribution in [2.75, 3.05) is 0 Å². The summed E-state index contributed by atoms with van der Waals surface area (Å²) in [5.74, 6) is 1.84. The SMILES string of the molecule is CCCCCCC(C)(C)c1cc(O)c2c(c1)OC1CCCCC21. The molecule has 1 N–H and O–H groups in total. The van der Waals surface area contributed by atoms with Gasteiger partial charge >= 0.3 is 0 Å². The van der Waals surface area contributed by atoms with Gasteiger partial charge in [-0.1, -0.05) is 52.9 Å². The molecule has 0 aromatic heterocycles. The molecule has 0 radical (unpaired) electrons. The van der Waals surface area contributed by atoms with Gasteiger partial charge in [-0.3, -0.25) is 0 Å². The van der Waals surface area contributed by atoms with Crippen molar-refractivity contribution in [3.63, 3.8) is 0 Å². The Balaban J connectivity index is 1.79. The van der Waals surface area contributed by atoms with Gasteiger partial charge in [0.15, 0.2) is 0 Å². The van der Waals surface area contributed by atoms with Gasteiger partial charge in [0.2, 0.25) is 0 Å². The number of aromatic hydroxyl groups is 1. The zero-order valence-electron chi connectivity index (χ0n) is 15.0. The zero-order valence-corrected chi connectivity index (χ0v) is 15.0. The van der Waals surface area contributed by atoms with Crippen molar-refractivity contribution < 1.29 is 9.84 Å². The molecule has 2 unspecified atom stereocenters. The lowest BCUT2D eigenvalue weighted by atomic mass is 9.78. The van der Waals surface area contributed by atoms with E-state index in [0.29, 0.717) is 17.8 Å². The number of unbranched alkanes of at least 4 members (excludes halogenated alkanes) is 3. The molecule has 1 aliphatic carbocycles. The molecule has 0 spiro atoms. The average Bonchev–Trinajstić information content (AvgIpc) is 2.90. The third kappa shape index (κ3) is 3.36. The maximum atomic E-state index is 10.6. The fraction of sp³-hybridized carbons (Fsp3) is 0.714. The molecule has 1 aromatic rings. The highest BCUT2D eigenvalue weighted by Gasteiger charge is 2.39. The van der Waals surface area contributed by atoms with Crippen molar-refractivity contribution in [2.45, 2.75) is 96.0 Å². The van der Waals surface area contributed by atoms with Crippen LogP contribution in [0.25, 0.3) is 0 Å². The lowest BCUT2D eigenvalue weighted by Crippen LogP contribution is -2.22. The minimum Gasteiger partial charge on any atom is -0.508 e. The molecular formula is C21H32O2. The summed E-state index contributed by atoms with van der Waals surface area (Å²) in [6.07, 6.45) is 11.4. The predicted octanol–water partition coefficient (Wildman–Crippen LogP) is 6.06. The van der Waals surface area contributed by atoms with Crippen molar-refractivity contribution in [3.05, 3.63) is 23.3 Å². The third-order valence-corrected chi connectivity index (χ3v) is 5.91. The van der Waals surface area contributed by atoms with Crippen LogP contribution in [0.15, 0.2) is 12.1 Å². The van der Waals surface area contributed by atoms with E-state index in [1.165, 1.54) is 44.1 Å². The van der Waals surface area contributed by atoms with Crippen LogP contribution in [0.5, 0.6) is 11.5 Å². The van der Waals surface area contributed by atoms with E-state index < -0.39 is 0 Å². The summed E-state index contributed by atoms with van der Waals surface area (Å²) in [6.45, 7) is 6.84. The largest absolute Gasteiger partial charge is 0.508 e. The lowest BCUT2D eigenvalue weighted by molar-refractivity contribution is 0.163. The summed E-state index contributed by atoms with van der Waals surface area (Å²) >= 11 is 0. The molecule has 0 amide bonds. The Bertz CT molecular complexity index is 547.